The maximum absolute atomic E-state index is 10.6. The van der Waals surface area contributed by atoms with Crippen LogP contribution in [-0.4, -0.2) is 16.1 Å². The van der Waals surface area contributed by atoms with Crippen molar-refractivity contribution in [2.24, 2.45) is 0 Å². The Morgan fingerprint density at radius 3 is 2.50 bits per heavy atom. The Kier molecular flexibility index (Phi) is 1.88. The summed E-state index contributed by atoms with van der Waals surface area (Å²) in [6, 6.07) is 1.80. The Balaban J connectivity index is 3.44. The minimum atomic E-state index is -1.06. The number of rotatable bonds is 1. The molecular weight excluding hydrogens is 156 g/mol. The molecule has 0 atom stereocenters. The molecule has 0 spiro atoms. The smallest absolute Gasteiger partial charge is 0.338 e. The summed E-state index contributed by atoms with van der Waals surface area (Å²) in [4.78, 5) is 13.3. The second-order valence-corrected chi connectivity index (χ2v) is 2.54. The molecule has 0 aromatic carbocycles. The molecule has 1 heterocycles. The Labute approximate surface area is 69.4 Å². The van der Waals surface area contributed by atoms with Crippen LogP contribution in [0.1, 0.15) is 27.3 Å². The van der Waals surface area contributed by atoms with Gasteiger partial charge < -0.3 is 10.1 Å². The van der Waals surface area contributed by atoms with E-state index in [1.165, 1.54) is 0 Å². The molecule has 0 fully saturated rings. The molecule has 0 radical (unpaired) electrons. The average Bonchev–Trinajstić information content (AvgIpc) is 2.28. The minimum absolute atomic E-state index is 0.0787. The van der Waals surface area contributed by atoms with Crippen LogP contribution >= 0.6 is 0 Å². The van der Waals surface area contributed by atoms with Crippen LogP contribution in [0.25, 0.3) is 0 Å². The molecule has 2 N–H and O–H groups in total. The van der Waals surface area contributed by atoms with Gasteiger partial charge in [-0.3, -0.25) is 0 Å². The molecule has 1 rings (SSSR count). The highest BCUT2D eigenvalue weighted by molar-refractivity contribution is 5.92. The summed E-state index contributed by atoms with van der Waals surface area (Å²) in [5, 5.41) is 17.3. The van der Waals surface area contributed by atoms with E-state index >= 15 is 0 Å². The second kappa shape index (κ2) is 2.70. The quantitative estimate of drug-likeness (QED) is 0.654. The monoisotopic (exact) mass is 164 g/mol. The number of hydrogen-bond donors (Lipinski definition) is 2. The van der Waals surface area contributed by atoms with Crippen LogP contribution < -0.4 is 0 Å². The van der Waals surface area contributed by atoms with Gasteiger partial charge in [-0.1, -0.05) is 0 Å². The van der Waals surface area contributed by atoms with E-state index in [9.17, 15) is 4.79 Å². The maximum atomic E-state index is 10.6. The number of nitrogens with zero attached hydrogens (tertiary/aromatic N) is 1. The molecule has 0 unspecified atom stereocenters. The van der Waals surface area contributed by atoms with Gasteiger partial charge in [-0.25, -0.2) is 4.79 Å². The first-order valence-electron chi connectivity index (χ1n) is 3.40. The van der Waals surface area contributed by atoms with Gasteiger partial charge in [-0.05, 0) is 19.4 Å². The number of hydrogen-bond acceptors (Lipinski definition) is 2. The lowest BCUT2D eigenvalue weighted by molar-refractivity contribution is 0.0696. The van der Waals surface area contributed by atoms with E-state index in [-0.39, 0.29) is 11.3 Å². The van der Waals surface area contributed by atoms with Crippen molar-refractivity contribution in [3.8, 4) is 6.07 Å². The Morgan fingerprint density at radius 1 is 1.58 bits per heavy atom. The van der Waals surface area contributed by atoms with Crippen molar-refractivity contribution in [2.75, 3.05) is 0 Å². The van der Waals surface area contributed by atoms with Crippen LogP contribution in [0.4, 0.5) is 0 Å². The third kappa shape index (κ3) is 1.05. The zero-order valence-electron chi connectivity index (χ0n) is 6.80. The van der Waals surface area contributed by atoms with Crippen LogP contribution in [0.5, 0.6) is 0 Å². The summed E-state index contributed by atoms with van der Waals surface area (Å²) < 4.78 is 0. The van der Waals surface area contributed by atoms with Gasteiger partial charge in [0.15, 0.2) is 0 Å². The number of aromatic nitrogens is 1. The molecule has 0 saturated heterocycles. The molecular formula is C8H8N2O2. The average molecular weight is 164 g/mol. The number of aromatic carboxylic acids is 1. The van der Waals surface area contributed by atoms with Crippen molar-refractivity contribution in [2.45, 2.75) is 13.8 Å². The largest absolute Gasteiger partial charge is 0.478 e. The summed E-state index contributed by atoms with van der Waals surface area (Å²) in [6.07, 6.45) is 0. The van der Waals surface area contributed by atoms with E-state index in [1.807, 2.05) is 0 Å². The molecule has 62 valence electrons. The first-order chi connectivity index (χ1) is 5.57. The van der Waals surface area contributed by atoms with E-state index in [4.69, 9.17) is 10.4 Å². The van der Waals surface area contributed by atoms with Crippen LogP contribution in [0.3, 0.4) is 0 Å². The fourth-order valence-corrected chi connectivity index (χ4v) is 1.07. The van der Waals surface area contributed by atoms with Crippen molar-refractivity contribution in [1.82, 2.24) is 4.98 Å². The van der Waals surface area contributed by atoms with Gasteiger partial charge in [0, 0.05) is 5.69 Å². The van der Waals surface area contributed by atoms with E-state index < -0.39 is 5.97 Å². The third-order valence-corrected chi connectivity index (χ3v) is 1.83. The number of aromatic amines is 1. The zero-order chi connectivity index (χ0) is 9.30. The number of carboxylic acid groups (broad SMARTS) is 1. The first-order valence-corrected chi connectivity index (χ1v) is 3.40. The summed E-state index contributed by atoms with van der Waals surface area (Å²) in [5.41, 5.74) is 1.55. The van der Waals surface area contributed by atoms with Gasteiger partial charge >= 0.3 is 5.97 Å². The Hall–Kier alpha value is -1.76. The van der Waals surface area contributed by atoms with Gasteiger partial charge in [0.05, 0.1) is 5.56 Å². The van der Waals surface area contributed by atoms with Gasteiger partial charge in [0.1, 0.15) is 11.8 Å². The fraction of sp³-hybridized carbons (Fsp3) is 0.250. The van der Waals surface area contributed by atoms with Gasteiger partial charge in [0.2, 0.25) is 0 Å². The van der Waals surface area contributed by atoms with Crippen molar-refractivity contribution in [3.63, 3.8) is 0 Å². The molecule has 0 bridgehead atoms. The molecule has 0 saturated carbocycles. The van der Waals surface area contributed by atoms with Crippen LogP contribution in [0.2, 0.25) is 0 Å². The van der Waals surface area contributed by atoms with Crippen molar-refractivity contribution >= 4 is 5.97 Å². The molecule has 0 aliphatic rings. The van der Waals surface area contributed by atoms with E-state index in [1.54, 1.807) is 19.9 Å². The Morgan fingerprint density at radius 2 is 2.17 bits per heavy atom. The number of aryl methyl sites for hydroxylation is 1. The molecule has 1 aromatic rings. The van der Waals surface area contributed by atoms with Crippen LogP contribution in [0, 0.1) is 25.2 Å². The number of H-pyrrole nitrogens is 1. The predicted molar refractivity (Wildman–Crippen MR) is 41.9 cm³/mol. The zero-order valence-corrected chi connectivity index (χ0v) is 6.80. The molecule has 0 amide bonds. The number of nitrogens with one attached hydrogen (secondary N) is 1. The third-order valence-electron chi connectivity index (χ3n) is 1.83. The van der Waals surface area contributed by atoms with Crippen LogP contribution in [0.15, 0.2) is 0 Å². The van der Waals surface area contributed by atoms with Crippen molar-refractivity contribution < 1.29 is 9.90 Å². The molecule has 4 heteroatoms. The Bertz CT molecular complexity index is 371. The lowest BCUT2D eigenvalue weighted by Gasteiger charge is -1.91. The highest BCUT2D eigenvalue weighted by Crippen LogP contribution is 2.16. The second-order valence-electron chi connectivity index (χ2n) is 2.54. The topological polar surface area (TPSA) is 76.9 Å². The first kappa shape index (κ1) is 8.34. The van der Waals surface area contributed by atoms with Gasteiger partial charge in [-0.15, -0.1) is 0 Å². The lowest BCUT2D eigenvalue weighted by Crippen LogP contribution is -1.99. The van der Waals surface area contributed by atoms with Gasteiger partial charge in [0.25, 0.3) is 0 Å². The number of carbonyl (C=O) groups is 1. The number of carboxylic acids is 1. The summed E-state index contributed by atoms with van der Waals surface area (Å²) in [6.45, 7) is 3.42. The SMILES string of the molecule is Cc1[nH]c(C#N)c(C(=O)O)c1C. The van der Waals surface area contributed by atoms with E-state index in [0.29, 0.717) is 5.56 Å². The van der Waals surface area contributed by atoms with Gasteiger partial charge in [-0.2, -0.15) is 5.26 Å². The highest BCUT2D eigenvalue weighted by atomic mass is 16.4. The molecule has 0 aliphatic heterocycles. The summed E-state index contributed by atoms with van der Waals surface area (Å²) in [5.74, 6) is -1.06. The molecule has 12 heavy (non-hydrogen) atoms. The van der Waals surface area contributed by atoms with Crippen LogP contribution in [-0.2, 0) is 0 Å². The van der Waals surface area contributed by atoms with E-state index in [0.717, 1.165) is 5.69 Å². The van der Waals surface area contributed by atoms with Crippen molar-refractivity contribution in [1.29, 1.82) is 5.26 Å². The van der Waals surface area contributed by atoms with Crippen molar-refractivity contribution in [3.05, 3.63) is 22.5 Å². The highest BCUT2D eigenvalue weighted by Gasteiger charge is 2.17. The standard InChI is InChI=1S/C8H8N2O2/c1-4-5(2)10-6(3-9)7(4)8(11)12/h10H,1-2H3,(H,11,12). The number of nitriles is 1. The summed E-state index contributed by atoms with van der Waals surface area (Å²) in [7, 11) is 0. The normalized spacial score (nSPS) is 9.42. The minimum Gasteiger partial charge on any atom is -0.478 e. The lowest BCUT2D eigenvalue weighted by atomic mass is 10.1. The predicted octanol–water partition coefficient (Wildman–Crippen LogP) is 1.20. The maximum Gasteiger partial charge on any atom is 0.338 e. The van der Waals surface area contributed by atoms with E-state index in [2.05, 4.69) is 4.98 Å². The fourth-order valence-electron chi connectivity index (χ4n) is 1.07. The summed E-state index contributed by atoms with van der Waals surface area (Å²) >= 11 is 0. The molecule has 1 aromatic heterocycles. The molecule has 0 aliphatic carbocycles. The molecule has 4 nitrogen and oxygen atoms in total.